The first-order valence-corrected chi connectivity index (χ1v) is 8.11. The van der Waals surface area contributed by atoms with Crippen molar-refractivity contribution in [1.82, 2.24) is 0 Å². The molecule has 0 aromatic heterocycles. The van der Waals surface area contributed by atoms with Gasteiger partial charge < -0.3 is 10.1 Å². The minimum atomic E-state index is -0.346. The first-order chi connectivity index (χ1) is 11.5. The molecule has 0 saturated carbocycles. The molecule has 0 atom stereocenters. The van der Waals surface area contributed by atoms with Crippen molar-refractivity contribution in [2.45, 2.75) is 33.1 Å². The van der Waals surface area contributed by atoms with E-state index in [1.165, 1.54) is 5.56 Å². The van der Waals surface area contributed by atoms with Crippen molar-refractivity contribution in [2.75, 3.05) is 11.9 Å². The van der Waals surface area contributed by atoms with Crippen LogP contribution in [0.1, 0.15) is 29.5 Å². The maximum atomic E-state index is 11.9. The number of hydrogen-bond donors (Lipinski definition) is 1. The number of rotatable bonds is 7. The number of aryl methyl sites for hydroxylation is 2. The van der Waals surface area contributed by atoms with E-state index in [0.717, 1.165) is 16.8 Å². The predicted octanol–water partition coefficient (Wildman–Crippen LogP) is 3.81. The lowest BCUT2D eigenvalue weighted by Gasteiger charge is -2.08. The van der Waals surface area contributed by atoms with Gasteiger partial charge in [0.2, 0.25) is 5.91 Å². The Hall–Kier alpha value is -2.62. The van der Waals surface area contributed by atoms with Gasteiger partial charge in [-0.15, -0.1) is 0 Å². The quantitative estimate of drug-likeness (QED) is 0.788. The molecule has 2 aromatic carbocycles. The van der Waals surface area contributed by atoms with Crippen molar-refractivity contribution in [3.05, 3.63) is 65.2 Å². The number of nitrogens with one attached hydrogen (secondary N) is 1. The van der Waals surface area contributed by atoms with Crippen LogP contribution in [0.2, 0.25) is 0 Å². The number of benzene rings is 2. The summed E-state index contributed by atoms with van der Waals surface area (Å²) in [6, 6.07) is 15.6. The second-order valence-corrected chi connectivity index (χ2v) is 5.80. The standard InChI is InChI=1S/C20H23NO3/c1-15-8-9-18(14-16(15)2)21-19(22)10-11-20(23)24-13-12-17-6-4-3-5-7-17/h3-9,14H,10-13H2,1-2H3,(H,21,22). The SMILES string of the molecule is Cc1ccc(NC(=O)CCC(=O)OCCc2ccccc2)cc1C. The van der Waals surface area contributed by atoms with E-state index in [1.54, 1.807) is 0 Å². The van der Waals surface area contributed by atoms with E-state index in [0.29, 0.717) is 13.0 Å². The van der Waals surface area contributed by atoms with E-state index in [1.807, 2.05) is 62.4 Å². The van der Waals surface area contributed by atoms with E-state index >= 15 is 0 Å². The highest BCUT2D eigenvalue weighted by molar-refractivity contribution is 5.92. The van der Waals surface area contributed by atoms with Gasteiger partial charge >= 0.3 is 5.97 Å². The zero-order valence-corrected chi connectivity index (χ0v) is 14.2. The fourth-order valence-electron chi connectivity index (χ4n) is 2.26. The minimum absolute atomic E-state index is 0.0888. The van der Waals surface area contributed by atoms with Crippen molar-refractivity contribution in [3.63, 3.8) is 0 Å². The second-order valence-electron chi connectivity index (χ2n) is 5.80. The Bertz CT molecular complexity index is 695. The highest BCUT2D eigenvalue weighted by atomic mass is 16.5. The lowest BCUT2D eigenvalue weighted by atomic mass is 10.1. The molecule has 0 aliphatic heterocycles. The highest BCUT2D eigenvalue weighted by Gasteiger charge is 2.09. The van der Waals surface area contributed by atoms with Gasteiger partial charge in [-0.05, 0) is 42.7 Å². The molecule has 0 heterocycles. The second kappa shape index (κ2) is 8.87. The van der Waals surface area contributed by atoms with E-state index in [4.69, 9.17) is 4.74 Å². The molecule has 2 aromatic rings. The van der Waals surface area contributed by atoms with Crippen molar-refractivity contribution in [3.8, 4) is 0 Å². The summed E-state index contributed by atoms with van der Waals surface area (Å²) in [7, 11) is 0. The van der Waals surface area contributed by atoms with Gasteiger partial charge in [0.05, 0.1) is 13.0 Å². The monoisotopic (exact) mass is 325 g/mol. The van der Waals surface area contributed by atoms with Gasteiger partial charge in [-0.25, -0.2) is 0 Å². The summed E-state index contributed by atoms with van der Waals surface area (Å²) in [4.78, 5) is 23.6. The first-order valence-electron chi connectivity index (χ1n) is 8.11. The first kappa shape index (κ1) is 17.7. The summed E-state index contributed by atoms with van der Waals surface area (Å²) in [5.74, 6) is -0.528. The van der Waals surface area contributed by atoms with Crippen molar-refractivity contribution >= 4 is 17.6 Å². The maximum Gasteiger partial charge on any atom is 0.306 e. The minimum Gasteiger partial charge on any atom is -0.465 e. The molecule has 1 N–H and O–H groups in total. The number of ether oxygens (including phenoxy) is 1. The van der Waals surface area contributed by atoms with Crippen LogP contribution in [-0.2, 0) is 20.7 Å². The van der Waals surface area contributed by atoms with E-state index in [9.17, 15) is 9.59 Å². The van der Waals surface area contributed by atoms with Crippen LogP contribution in [0, 0.1) is 13.8 Å². The zero-order chi connectivity index (χ0) is 17.4. The molecular weight excluding hydrogens is 302 g/mol. The number of esters is 1. The summed E-state index contributed by atoms with van der Waals surface area (Å²) >= 11 is 0. The molecular formula is C20H23NO3. The molecule has 0 aliphatic rings. The van der Waals surface area contributed by atoms with Gasteiger partial charge in [0.1, 0.15) is 0 Å². The van der Waals surface area contributed by atoms with Gasteiger partial charge in [0.15, 0.2) is 0 Å². The van der Waals surface area contributed by atoms with Crippen LogP contribution in [0.5, 0.6) is 0 Å². The van der Waals surface area contributed by atoms with Gasteiger partial charge in [-0.1, -0.05) is 36.4 Å². The van der Waals surface area contributed by atoms with Gasteiger partial charge in [0.25, 0.3) is 0 Å². The third-order valence-corrected chi connectivity index (χ3v) is 3.84. The normalized spacial score (nSPS) is 10.2. The van der Waals surface area contributed by atoms with Crippen molar-refractivity contribution in [1.29, 1.82) is 0 Å². The Kier molecular flexibility index (Phi) is 6.55. The Morgan fingerprint density at radius 1 is 0.958 bits per heavy atom. The third-order valence-electron chi connectivity index (χ3n) is 3.84. The Labute approximate surface area is 142 Å². The molecule has 0 bridgehead atoms. The molecule has 24 heavy (non-hydrogen) atoms. The molecule has 1 amide bonds. The summed E-state index contributed by atoms with van der Waals surface area (Å²) in [5, 5.41) is 2.80. The lowest BCUT2D eigenvalue weighted by Crippen LogP contribution is -2.15. The largest absolute Gasteiger partial charge is 0.465 e. The fourth-order valence-corrected chi connectivity index (χ4v) is 2.26. The molecule has 0 aliphatic carbocycles. The summed E-state index contributed by atoms with van der Waals surface area (Å²) in [6.07, 6.45) is 0.893. The fraction of sp³-hybridized carbons (Fsp3) is 0.300. The molecule has 0 radical (unpaired) electrons. The van der Waals surface area contributed by atoms with Crippen molar-refractivity contribution in [2.24, 2.45) is 0 Å². The van der Waals surface area contributed by atoms with Crippen LogP contribution in [0.4, 0.5) is 5.69 Å². The third kappa shape index (κ3) is 5.88. The Morgan fingerprint density at radius 2 is 1.71 bits per heavy atom. The summed E-state index contributed by atoms with van der Waals surface area (Å²) in [5.41, 5.74) is 4.17. The lowest BCUT2D eigenvalue weighted by molar-refractivity contribution is -0.144. The van der Waals surface area contributed by atoms with Crippen LogP contribution >= 0.6 is 0 Å². The van der Waals surface area contributed by atoms with Crippen molar-refractivity contribution < 1.29 is 14.3 Å². The Balaban J connectivity index is 1.67. The number of hydrogen-bond acceptors (Lipinski definition) is 3. The Morgan fingerprint density at radius 3 is 2.42 bits per heavy atom. The number of carbonyl (C=O) groups is 2. The van der Waals surface area contributed by atoms with E-state index < -0.39 is 0 Å². The van der Waals surface area contributed by atoms with Gasteiger partial charge in [-0.3, -0.25) is 9.59 Å². The number of carbonyl (C=O) groups excluding carboxylic acids is 2. The summed E-state index contributed by atoms with van der Waals surface area (Å²) < 4.78 is 5.16. The van der Waals surface area contributed by atoms with E-state index in [2.05, 4.69) is 5.32 Å². The van der Waals surface area contributed by atoms with Gasteiger partial charge in [0, 0.05) is 18.5 Å². The van der Waals surface area contributed by atoms with Crippen LogP contribution in [0.25, 0.3) is 0 Å². The number of anilines is 1. The average molecular weight is 325 g/mol. The molecule has 0 saturated heterocycles. The zero-order valence-electron chi connectivity index (χ0n) is 14.2. The highest BCUT2D eigenvalue weighted by Crippen LogP contribution is 2.14. The van der Waals surface area contributed by atoms with Gasteiger partial charge in [-0.2, -0.15) is 0 Å². The van der Waals surface area contributed by atoms with E-state index in [-0.39, 0.29) is 24.7 Å². The summed E-state index contributed by atoms with van der Waals surface area (Å²) in [6.45, 7) is 4.35. The topological polar surface area (TPSA) is 55.4 Å². The van der Waals surface area contributed by atoms with Crippen LogP contribution in [0.3, 0.4) is 0 Å². The molecule has 4 heteroatoms. The predicted molar refractivity (Wildman–Crippen MR) is 94.9 cm³/mol. The molecule has 0 fully saturated rings. The molecule has 2 rings (SSSR count). The average Bonchev–Trinajstić information content (AvgIpc) is 2.57. The number of amides is 1. The molecule has 126 valence electrons. The molecule has 4 nitrogen and oxygen atoms in total. The maximum absolute atomic E-state index is 11.9. The van der Waals surface area contributed by atoms with Crippen LogP contribution in [0.15, 0.2) is 48.5 Å². The van der Waals surface area contributed by atoms with Crippen LogP contribution in [-0.4, -0.2) is 18.5 Å². The van der Waals surface area contributed by atoms with Crippen LogP contribution < -0.4 is 5.32 Å². The smallest absolute Gasteiger partial charge is 0.306 e. The molecule has 0 spiro atoms. The molecule has 0 unspecified atom stereocenters.